The van der Waals surface area contributed by atoms with Crippen LogP contribution in [0.3, 0.4) is 0 Å². The van der Waals surface area contributed by atoms with Crippen molar-refractivity contribution in [3.05, 3.63) is 65.7 Å². The molecule has 1 aromatic heterocycles. The fourth-order valence-electron chi connectivity index (χ4n) is 3.18. The number of H-pyrrole nitrogens is 1. The largest absolute Gasteiger partial charge is 0.348 e. The highest BCUT2D eigenvalue weighted by Gasteiger charge is 2.23. The second-order valence-corrected chi connectivity index (χ2v) is 4.96. The van der Waals surface area contributed by atoms with E-state index in [-0.39, 0.29) is 0 Å². The third kappa shape index (κ3) is 1.32. The van der Waals surface area contributed by atoms with Crippen LogP contribution in [0.2, 0.25) is 0 Å². The van der Waals surface area contributed by atoms with Gasteiger partial charge in [0, 0.05) is 17.8 Å². The van der Waals surface area contributed by atoms with Crippen molar-refractivity contribution < 1.29 is 0 Å². The molecule has 0 unspecified atom stereocenters. The van der Waals surface area contributed by atoms with E-state index >= 15 is 0 Å². The zero-order valence-corrected chi connectivity index (χ0v) is 10.1. The standard InChI is InChI=1S/C16H14N2/c1-3-11-5-2-6-14-13(15-9-17-10-18-15)8-7-12(4-1)16(11)14/h1-6,9-10,13H,7-8H2,(H,17,18)/t13-/m1/s1. The second kappa shape index (κ2) is 3.70. The number of nitrogens with one attached hydrogen (secondary N) is 1. The molecule has 88 valence electrons. The Labute approximate surface area is 106 Å². The summed E-state index contributed by atoms with van der Waals surface area (Å²) in [5.74, 6) is 0.464. The van der Waals surface area contributed by atoms with Gasteiger partial charge in [0.05, 0.1) is 6.33 Å². The third-order valence-electron chi connectivity index (χ3n) is 4.00. The van der Waals surface area contributed by atoms with Crippen LogP contribution in [0.25, 0.3) is 10.8 Å². The fourth-order valence-corrected chi connectivity index (χ4v) is 3.18. The van der Waals surface area contributed by atoms with Gasteiger partial charge in [0.25, 0.3) is 0 Å². The molecule has 1 aliphatic rings. The van der Waals surface area contributed by atoms with Gasteiger partial charge in [0.1, 0.15) is 0 Å². The summed E-state index contributed by atoms with van der Waals surface area (Å²) in [6.07, 6.45) is 6.05. The molecule has 1 heterocycles. The monoisotopic (exact) mass is 234 g/mol. The Morgan fingerprint density at radius 2 is 2.00 bits per heavy atom. The van der Waals surface area contributed by atoms with E-state index in [4.69, 9.17) is 0 Å². The lowest BCUT2D eigenvalue weighted by Gasteiger charge is -2.24. The summed E-state index contributed by atoms with van der Waals surface area (Å²) in [5, 5.41) is 2.81. The van der Waals surface area contributed by atoms with Crippen molar-refractivity contribution in [2.75, 3.05) is 0 Å². The van der Waals surface area contributed by atoms with Crippen LogP contribution in [0.15, 0.2) is 48.9 Å². The van der Waals surface area contributed by atoms with E-state index in [9.17, 15) is 0 Å². The van der Waals surface area contributed by atoms with E-state index in [2.05, 4.69) is 46.4 Å². The third-order valence-corrected chi connectivity index (χ3v) is 4.00. The van der Waals surface area contributed by atoms with Gasteiger partial charge in [-0.25, -0.2) is 4.98 Å². The first-order valence-electron chi connectivity index (χ1n) is 6.42. The number of nitrogens with zero attached hydrogens (tertiary/aromatic N) is 1. The van der Waals surface area contributed by atoms with Gasteiger partial charge in [0.2, 0.25) is 0 Å². The number of benzene rings is 2. The molecule has 2 aromatic carbocycles. The number of imidazole rings is 1. The Morgan fingerprint density at radius 1 is 1.11 bits per heavy atom. The van der Waals surface area contributed by atoms with Gasteiger partial charge in [0.15, 0.2) is 0 Å². The van der Waals surface area contributed by atoms with Crippen LogP contribution >= 0.6 is 0 Å². The molecular weight excluding hydrogens is 220 g/mol. The summed E-state index contributed by atoms with van der Waals surface area (Å²) in [5.41, 5.74) is 4.16. The number of hydrogen-bond donors (Lipinski definition) is 1. The molecule has 0 saturated carbocycles. The van der Waals surface area contributed by atoms with E-state index in [1.165, 1.54) is 34.0 Å². The molecule has 0 bridgehead atoms. The van der Waals surface area contributed by atoms with Crippen LogP contribution in [0.5, 0.6) is 0 Å². The SMILES string of the molecule is c1cc2c3c(cccc3c1)[C@H](c1cnc[nH]1)CC2. The lowest BCUT2D eigenvalue weighted by molar-refractivity contribution is 0.689. The molecule has 1 atom stereocenters. The van der Waals surface area contributed by atoms with Gasteiger partial charge in [-0.3, -0.25) is 0 Å². The lowest BCUT2D eigenvalue weighted by Crippen LogP contribution is -2.10. The van der Waals surface area contributed by atoms with Crippen LogP contribution in [0, 0.1) is 0 Å². The van der Waals surface area contributed by atoms with Gasteiger partial charge >= 0.3 is 0 Å². The topological polar surface area (TPSA) is 28.7 Å². The molecule has 2 heteroatoms. The molecule has 1 N–H and O–H groups in total. The van der Waals surface area contributed by atoms with E-state index in [0.29, 0.717) is 5.92 Å². The van der Waals surface area contributed by atoms with E-state index in [1.807, 2.05) is 6.20 Å². The zero-order chi connectivity index (χ0) is 11.9. The van der Waals surface area contributed by atoms with Crippen molar-refractivity contribution in [2.45, 2.75) is 18.8 Å². The van der Waals surface area contributed by atoms with Gasteiger partial charge in [-0.15, -0.1) is 0 Å². The average molecular weight is 234 g/mol. The second-order valence-electron chi connectivity index (χ2n) is 4.96. The highest BCUT2D eigenvalue weighted by molar-refractivity contribution is 5.90. The van der Waals surface area contributed by atoms with Crippen LogP contribution in [0.1, 0.15) is 29.2 Å². The van der Waals surface area contributed by atoms with Crippen molar-refractivity contribution in [1.29, 1.82) is 0 Å². The number of aromatic nitrogens is 2. The predicted molar refractivity (Wildman–Crippen MR) is 72.7 cm³/mol. The lowest BCUT2D eigenvalue weighted by atomic mass is 9.80. The molecule has 0 fully saturated rings. The van der Waals surface area contributed by atoms with Crippen molar-refractivity contribution in [3.63, 3.8) is 0 Å². The molecule has 2 nitrogen and oxygen atoms in total. The van der Waals surface area contributed by atoms with Crippen LogP contribution < -0.4 is 0 Å². The van der Waals surface area contributed by atoms with Crippen LogP contribution in [0.4, 0.5) is 0 Å². The first-order valence-corrected chi connectivity index (χ1v) is 6.42. The minimum atomic E-state index is 0.464. The number of aromatic amines is 1. The van der Waals surface area contributed by atoms with Gasteiger partial charge in [-0.05, 0) is 34.7 Å². The van der Waals surface area contributed by atoms with Gasteiger partial charge in [-0.2, -0.15) is 0 Å². The molecule has 4 rings (SSSR count). The zero-order valence-electron chi connectivity index (χ0n) is 10.1. The molecule has 0 amide bonds. The average Bonchev–Trinajstić information content (AvgIpc) is 2.94. The Balaban J connectivity index is 2.01. The smallest absolute Gasteiger partial charge is 0.0921 e. The summed E-state index contributed by atoms with van der Waals surface area (Å²) in [6, 6.07) is 13.3. The normalized spacial score (nSPS) is 18.1. The summed E-state index contributed by atoms with van der Waals surface area (Å²) < 4.78 is 0. The van der Waals surface area contributed by atoms with E-state index in [0.717, 1.165) is 6.42 Å². The first kappa shape index (κ1) is 9.89. The summed E-state index contributed by atoms with van der Waals surface area (Å²) in [7, 11) is 0. The molecule has 3 aromatic rings. The van der Waals surface area contributed by atoms with Crippen molar-refractivity contribution in [1.82, 2.24) is 9.97 Å². The highest BCUT2D eigenvalue weighted by Crippen LogP contribution is 2.39. The Bertz CT molecular complexity index is 693. The maximum atomic E-state index is 4.16. The Kier molecular flexibility index (Phi) is 2.04. The summed E-state index contributed by atoms with van der Waals surface area (Å²) in [6.45, 7) is 0. The maximum Gasteiger partial charge on any atom is 0.0921 e. The Morgan fingerprint density at radius 3 is 2.83 bits per heavy atom. The molecular formula is C16H14N2. The van der Waals surface area contributed by atoms with Crippen LogP contribution in [-0.4, -0.2) is 9.97 Å². The molecule has 18 heavy (non-hydrogen) atoms. The predicted octanol–water partition coefficient (Wildman–Crippen LogP) is 3.64. The van der Waals surface area contributed by atoms with Crippen molar-refractivity contribution >= 4 is 10.8 Å². The number of hydrogen-bond acceptors (Lipinski definition) is 1. The number of aryl methyl sites for hydroxylation is 1. The molecule has 0 spiro atoms. The first-order chi connectivity index (χ1) is 8.93. The van der Waals surface area contributed by atoms with Crippen LogP contribution in [-0.2, 0) is 6.42 Å². The molecule has 0 saturated heterocycles. The van der Waals surface area contributed by atoms with Gasteiger partial charge < -0.3 is 4.98 Å². The maximum absolute atomic E-state index is 4.16. The molecule has 0 aliphatic heterocycles. The fraction of sp³-hybridized carbons (Fsp3) is 0.188. The van der Waals surface area contributed by atoms with E-state index in [1.54, 1.807) is 6.33 Å². The van der Waals surface area contributed by atoms with Gasteiger partial charge in [-0.1, -0.05) is 36.4 Å². The minimum absolute atomic E-state index is 0.464. The Hall–Kier alpha value is -2.09. The highest BCUT2D eigenvalue weighted by atomic mass is 14.9. The quantitative estimate of drug-likeness (QED) is 0.684. The molecule has 1 aliphatic carbocycles. The van der Waals surface area contributed by atoms with E-state index < -0.39 is 0 Å². The number of rotatable bonds is 1. The molecule has 0 radical (unpaired) electrons. The van der Waals surface area contributed by atoms with Crippen molar-refractivity contribution in [3.8, 4) is 0 Å². The summed E-state index contributed by atoms with van der Waals surface area (Å²) in [4.78, 5) is 7.43. The minimum Gasteiger partial charge on any atom is -0.348 e. The van der Waals surface area contributed by atoms with Crippen molar-refractivity contribution in [2.24, 2.45) is 0 Å². The summed E-state index contributed by atoms with van der Waals surface area (Å²) >= 11 is 0.